The van der Waals surface area contributed by atoms with E-state index in [-0.39, 0.29) is 6.10 Å². The van der Waals surface area contributed by atoms with E-state index in [0.29, 0.717) is 12.2 Å². The molecule has 1 atom stereocenters. The summed E-state index contributed by atoms with van der Waals surface area (Å²) >= 11 is 0. The van der Waals surface area contributed by atoms with Gasteiger partial charge in [-0.15, -0.1) is 10.2 Å². The number of rotatable bonds is 5. The van der Waals surface area contributed by atoms with Crippen molar-refractivity contribution in [2.45, 2.75) is 32.3 Å². The molecule has 2 N–H and O–H groups in total. The Morgan fingerprint density at radius 2 is 2.14 bits per heavy atom. The molecule has 0 bridgehead atoms. The lowest BCUT2D eigenvalue weighted by Gasteiger charge is -2.28. The Bertz CT molecular complexity index is 592. The first kappa shape index (κ1) is 14.2. The molecule has 21 heavy (non-hydrogen) atoms. The van der Waals surface area contributed by atoms with Crippen molar-refractivity contribution in [2.75, 3.05) is 31.5 Å². The van der Waals surface area contributed by atoms with Gasteiger partial charge in [-0.3, -0.25) is 0 Å². The van der Waals surface area contributed by atoms with Crippen molar-refractivity contribution in [1.29, 1.82) is 0 Å². The van der Waals surface area contributed by atoms with E-state index < -0.39 is 0 Å². The van der Waals surface area contributed by atoms with E-state index in [0.717, 1.165) is 31.0 Å². The molecule has 0 amide bonds. The van der Waals surface area contributed by atoms with Crippen LogP contribution in [-0.2, 0) is 0 Å². The second-order valence-corrected chi connectivity index (χ2v) is 5.69. The first-order valence-electron chi connectivity index (χ1n) is 7.54. The predicted octanol–water partition coefficient (Wildman–Crippen LogP) is 0.691. The second-order valence-electron chi connectivity index (χ2n) is 5.69. The number of aryl methyl sites for hydroxylation is 1. The van der Waals surface area contributed by atoms with Gasteiger partial charge in [-0.05, 0) is 38.9 Å². The zero-order valence-corrected chi connectivity index (χ0v) is 12.4. The Morgan fingerprint density at radius 1 is 1.33 bits per heavy atom. The van der Waals surface area contributed by atoms with Crippen molar-refractivity contribution in [3.8, 4) is 0 Å². The lowest BCUT2D eigenvalue weighted by molar-refractivity contribution is 0.110. The molecule has 0 aliphatic carbocycles. The molecule has 2 aromatic heterocycles. The summed E-state index contributed by atoms with van der Waals surface area (Å²) in [7, 11) is 0. The van der Waals surface area contributed by atoms with Crippen molar-refractivity contribution in [3.63, 3.8) is 0 Å². The minimum absolute atomic E-state index is 0.389. The average Bonchev–Trinajstić information content (AvgIpc) is 2.94. The van der Waals surface area contributed by atoms with Gasteiger partial charge < -0.3 is 15.3 Å². The summed E-state index contributed by atoms with van der Waals surface area (Å²) in [5.74, 6) is 0. The molecule has 0 spiro atoms. The number of hydrogen-bond acceptors (Lipinski definition) is 6. The maximum absolute atomic E-state index is 10.2. The first-order chi connectivity index (χ1) is 10.2. The highest BCUT2D eigenvalue weighted by molar-refractivity contribution is 5.66. The molecular weight excluding hydrogens is 268 g/mol. The van der Waals surface area contributed by atoms with Crippen molar-refractivity contribution in [3.05, 3.63) is 18.1 Å². The first-order valence-corrected chi connectivity index (χ1v) is 7.54. The van der Waals surface area contributed by atoms with Crippen LogP contribution in [0.1, 0.15) is 25.0 Å². The zero-order chi connectivity index (χ0) is 14.7. The third-order valence-corrected chi connectivity index (χ3v) is 3.84. The summed E-state index contributed by atoms with van der Waals surface area (Å²) in [5.41, 5.74) is 2.43. The zero-order valence-electron chi connectivity index (χ0n) is 12.4. The third kappa shape index (κ3) is 3.48. The molecule has 2 aromatic rings. The molecule has 114 valence electrons. The normalized spacial score (nSPS) is 18.0. The van der Waals surface area contributed by atoms with Gasteiger partial charge in [0.2, 0.25) is 5.65 Å². The monoisotopic (exact) mass is 290 g/mol. The van der Waals surface area contributed by atoms with Crippen LogP contribution in [0.2, 0.25) is 0 Å². The predicted molar refractivity (Wildman–Crippen MR) is 80.3 cm³/mol. The number of likely N-dealkylation sites (tertiary alicyclic amines) is 1. The van der Waals surface area contributed by atoms with E-state index in [1.54, 1.807) is 10.8 Å². The summed E-state index contributed by atoms with van der Waals surface area (Å²) in [4.78, 5) is 2.33. The number of aliphatic hydroxyl groups is 1. The Morgan fingerprint density at radius 3 is 2.95 bits per heavy atom. The average molecular weight is 290 g/mol. The highest BCUT2D eigenvalue weighted by Crippen LogP contribution is 2.15. The molecular formula is C14H22N6O. The third-order valence-electron chi connectivity index (χ3n) is 3.84. The number of aromatic nitrogens is 4. The van der Waals surface area contributed by atoms with Gasteiger partial charge in [0.05, 0.1) is 17.5 Å². The van der Waals surface area contributed by atoms with Gasteiger partial charge >= 0.3 is 0 Å². The van der Waals surface area contributed by atoms with E-state index in [1.807, 2.05) is 13.0 Å². The second kappa shape index (κ2) is 6.36. The summed E-state index contributed by atoms with van der Waals surface area (Å²) in [6, 6.07) is 1.93. The minimum Gasteiger partial charge on any atom is -0.390 e. The van der Waals surface area contributed by atoms with Gasteiger partial charge in [0.25, 0.3) is 0 Å². The maximum Gasteiger partial charge on any atom is 0.200 e. The fourth-order valence-electron chi connectivity index (χ4n) is 2.82. The number of anilines is 1. The summed E-state index contributed by atoms with van der Waals surface area (Å²) in [6.07, 6.45) is 4.98. The molecule has 7 nitrogen and oxygen atoms in total. The van der Waals surface area contributed by atoms with Crippen LogP contribution in [0.5, 0.6) is 0 Å². The van der Waals surface area contributed by atoms with Crippen LogP contribution >= 0.6 is 0 Å². The number of aliphatic hydroxyl groups excluding tert-OH is 1. The Balaban J connectivity index is 1.59. The van der Waals surface area contributed by atoms with Crippen LogP contribution in [0.3, 0.4) is 0 Å². The quantitative estimate of drug-likeness (QED) is 0.843. The number of β-amino-alcohol motifs (C(OH)–C–C–N with tert-alkyl or cyclic N) is 1. The van der Waals surface area contributed by atoms with Crippen LogP contribution in [0, 0.1) is 6.92 Å². The van der Waals surface area contributed by atoms with Gasteiger partial charge in [0.15, 0.2) is 0 Å². The van der Waals surface area contributed by atoms with E-state index >= 15 is 0 Å². The number of nitrogens with zero attached hydrogens (tertiary/aromatic N) is 5. The fourth-order valence-corrected chi connectivity index (χ4v) is 2.82. The van der Waals surface area contributed by atoms with Gasteiger partial charge in [0.1, 0.15) is 6.33 Å². The van der Waals surface area contributed by atoms with Crippen LogP contribution in [-0.4, -0.2) is 62.1 Å². The molecule has 3 rings (SSSR count). The molecule has 3 heterocycles. The number of hydrogen-bond donors (Lipinski definition) is 2. The molecule has 7 heteroatoms. The van der Waals surface area contributed by atoms with Gasteiger partial charge in [-0.2, -0.15) is 9.61 Å². The van der Waals surface area contributed by atoms with E-state index in [9.17, 15) is 5.11 Å². The number of piperidine rings is 1. The molecule has 1 aliphatic rings. The van der Waals surface area contributed by atoms with Crippen molar-refractivity contribution < 1.29 is 5.11 Å². The Kier molecular flexibility index (Phi) is 4.31. The van der Waals surface area contributed by atoms with Crippen LogP contribution < -0.4 is 5.32 Å². The highest BCUT2D eigenvalue weighted by atomic mass is 16.3. The number of fused-ring (bicyclic) bond motifs is 1. The lowest BCUT2D eigenvalue weighted by Crippen LogP contribution is -2.39. The number of nitrogens with one attached hydrogen (secondary N) is 1. The van der Waals surface area contributed by atoms with E-state index in [1.165, 1.54) is 19.3 Å². The largest absolute Gasteiger partial charge is 0.390 e. The van der Waals surface area contributed by atoms with Crippen LogP contribution in [0.25, 0.3) is 5.65 Å². The van der Waals surface area contributed by atoms with Gasteiger partial charge in [0, 0.05) is 13.1 Å². The fraction of sp³-hybridized carbons (Fsp3) is 0.643. The highest BCUT2D eigenvalue weighted by Gasteiger charge is 2.15. The Labute approximate surface area is 124 Å². The van der Waals surface area contributed by atoms with Gasteiger partial charge in [-0.1, -0.05) is 6.42 Å². The summed E-state index contributed by atoms with van der Waals surface area (Å²) in [5, 5.41) is 25.7. The molecule has 0 saturated carbocycles. The minimum atomic E-state index is -0.389. The topological polar surface area (TPSA) is 78.6 Å². The summed E-state index contributed by atoms with van der Waals surface area (Å²) in [6.45, 7) is 5.34. The van der Waals surface area contributed by atoms with Gasteiger partial charge in [-0.25, -0.2) is 0 Å². The molecule has 1 aliphatic heterocycles. The van der Waals surface area contributed by atoms with Crippen molar-refractivity contribution in [1.82, 2.24) is 24.7 Å². The maximum atomic E-state index is 10.2. The molecule has 1 fully saturated rings. The van der Waals surface area contributed by atoms with E-state index in [4.69, 9.17) is 0 Å². The van der Waals surface area contributed by atoms with E-state index in [2.05, 4.69) is 25.5 Å². The SMILES string of the molecule is Cc1cc(NCC(O)CN2CCCCC2)c2nncn2n1. The molecule has 1 saturated heterocycles. The molecule has 0 radical (unpaired) electrons. The summed E-state index contributed by atoms with van der Waals surface area (Å²) < 4.78 is 1.65. The van der Waals surface area contributed by atoms with Crippen LogP contribution in [0.4, 0.5) is 5.69 Å². The molecule has 1 unspecified atom stereocenters. The Hall–Kier alpha value is -1.73. The smallest absolute Gasteiger partial charge is 0.200 e. The lowest BCUT2D eigenvalue weighted by atomic mass is 10.1. The van der Waals surface area contributed by atoms with Crippen LogP contribution in [0.15, 0.2) is 12.4 Å². The van der Waals surface area contributed by atoms with Crippen molar-refractivity contribution in [2.24, 2.45) is 0 Å². The standard InChI is InChI=1S/C14H22N6O/c1-11-7-13(14-17-16-10-20(14)18-11)15-8-12(21)9-19-5-3-2-4-6-19/h7,10,12,15,21H,2-6,8-9H2,1H3. The molecule has 0 aromatic carbocycles. The van der Waals surface area contributed by atoms with Crippen molar-refractivity contribution >= 4 is 11.3 Å².